The fraction of sp³-hybridized carbons (Fsp3) is 0.409. The van der Waals surface area contributed by atoms with E-state index in [0.29, 0.717) is 28.8 Å². The van der Waals surface area contributed by atoms with Crippen LogP contribution in [0.1, 0.15) is 25.3 Å². The molecule has 0 aliphatic carbocycles. The van der Waals surface area contributed by atoms with E-state index < -0.39 is 6.17 Å². The van der Waals surface area contributed by atoms with Crippen LogP contribution in [0.4, 0.5) is 14.9 Å². The van der Waals surface area contributed by atoms with Crippen molar-refractivity contribution < 1.29 is 9.18 Å². The number of halogens is 3. The first-order valence-corrected chi connectivity index (χ1v) is 10.6. The Morgan fingerprint density at radius 2 is 1.86 bits per heavy atom. The SMILES string of the molecule is CC(F)CN1CCC(N(Cc2ccccc2)C(=O)Nc2ccc(Cl)c(Cl)c2)CC1. The Morgan fingerprint density at radius 1 is 1.17 bits per heavy atom. The van der Waals surface area contributed by atoms with Gasteiger partial charge in [-0.15, -0.1) is 0 Å². The van der Waals surface area contributed by atoms with Gasteiger partial charge in [-0.1, -0.05) is 53.5 Å². The minimum absolute atomic E-state index is 0.0872. The lowest BCUT2D eigenvalue weighted by atomic mass is 10.0. The van der Waals surface area contributed by atoms with Crippen LogP contribution in [-0.4, -0.2) is 47.7 Å². The number of carbonyl (C=O) groups is 1. The lowest BCUT2D eigenvalue weighted by Gasteiger charge is -2.38. The third kappa shape index (κ3) is 6.33. The maximum absolute atomic E-state index is 13.3. The summed E-state index contributed by atoms with van der Waals surface area (Å²) in [5, 5.41) is 3.78. The third-order valence-electron chi connectivity index (χ3n) is 5.14. The first-order valence-electron chi connectivity index (χ1n) is 9.85. The lowest BCUT2D eigenvalue weighted by molar-refractivity contribution is 0.108. The molecule has 0 spiro atoms. The summed E-state index contributed by atoms with van der Waals surface area (Å²) in [4.78, 5) is 17.1. The molecule has 0 aromatic heterocycles. The zero-order valence-electron chi connectivity index (χ0n) is 16.5. The largest absolute Gasteiger partial charge is 0.322 e. The predicted molar refractivity (Wildman–Crippen MR) is 117 cm³/mol. The van der Waals surface area contributed by atoms with Gasteiger partial charge in [-0.05, 0) is 43.5 Å². The number of piperidine rings is 1. The minimum Gasteiger partial charge on any atom is -0.317 e. The van der Waals surface area contributed by atoms with Crippen molar-refractivity contribution in [3.63, 3.8) is 0 Å². The average molecular weight is 438 g/mol. The number of hydrogen-bond acceptors (Lipinski definition) is 2. The van der Waals surface area contributed by atoms with Crippen LogP contribution in [0, 0.1) is 0 Å². The van der Waals surface area contributed by atoms with Crippen molar-refractivity contribution in [2.75, 3.05) is 25.0 Å². The maximum Gasteiger partial charge on any atom is 0.322 e. The molecule has 4 nitrogen and oxygen atoms in total. The summed E-state index contributed by atoms with van der Waals surface area (Å²) in [6.07, 6.45) is 0.785. The summed E-state index contributed by atoms with van der Waals surface area (Å²) in [7, 11) is 0. The summed E-state index contributed by atoms with van der Waals surface area (Å²) in [6.45, 7) is 4.10. The number of amides is 2. The molecular formula is C22H26Cl2FN3O. The summed E-state index contributed by atoms with van der Waals surface area (Å²) in [6, 6.07) is 14.9. The molecule has 1 atom stereocenters. The standard InChI is InChI=1S/C22H26Cl2FN3O/c1-16(25)14-27-11-9-19(10-12-27)28(15-17-5-3-2-4-6-17)22(29)26-18-7-8-20(23)21(24)13-18/h2-8,13,16,19H,9-12,14-15H2,1H3,(H,26,29). The van der Waals surface area contributed by atoms with E-state index in [9.17, 15) is 9.18 Å². The molecule has 0 radical (unpaired) electrons. The summed E-state index contributed by atoms with van der Waals surface area (Å²) in [5.74, 6) is 0. The second-order valence-corrected chi connectivity index (χ2v) is 8.30. The smallest absolute Gasteiger partial charge is 0.317 e. The van der Waals surface area contributed by atoms with Crippen LogP contribution in [0.25, 0.3) is 0 Å². The Morgan fingerprint density at radius 3 is 2.48 bits per heavy atom. The van der Waals surface area contributed by atoms with Gasteiger partial charge in [0.05, 0.1) is 10.0 Å². The molecule has 0 bridgehead atoms. The fourth-order valence-electron chi connectivity index (χ4n) is 3.69. The van der Waals surface area contributed by atoms with Crippen molar-refractivity contribution in [1.82, 2.24) is 9.80 Å². The van der Waals surface area contributed by atoms with Crippen LogP contribution >= 0.6 is 23.2 Å². The highest BCUT2D eigenvalue weighted by atomic mass is 35.5. The van der Waals surface area contributed by atoms with Gasteiger partial charge in [-0.25, -0.2) is 9.18 Å². The number of nitrogens with one attached hydrogen (secondary N) is 1. The number of likely N-dealkylation sites (tertiary alicyclic amines) is 1. The van der Waals surface area contributed by atoms with Crippen LogP contribution in [-0.2, 0) is 6.54 Å². The number of nitrogens with zero attached hydrogens (tertiary/aromatic N) is 2. The number of hydrogen-bond donors (Lipinski definition) is 1. The van der Waals surface area contributed by atoms with Crippen LogP contribution in [0.15, 0.2) is 48.5 Å². The fourth-order valence-corrected chi connectivity index (χ4v) is 3.98. The summed E-state index contributed by atoms with van der Waals surface area (Å²) in [5.41, 5.74) is 1.67. The number of urea groups is 1. The summed E-state index contributed by atoms with van der Waals surface area (Å²) < 4.78 is 13.3. The van der Waals surface area contributed by atoms with E-state index in [1.165, 1.54) is 0 Å². The third-order valence-corrected chi connectivity index (χ3v) is 5.87. The molecule has 2 amide bonds. The van der Waals surface area contributed by atoms with E-state index in [1.54, 1.807) is 25.1 Å². The molecule has 1 fully saturated rings. The van der Waals surface area contributed by atoms with E-state index in [4.69, 9.17) is 23.2 Å². The van der Waals surface area contributed by atoms with Crippen molar-refractivity contribution in [3.8, 4) is 0 Å². The Bertz CT molecular complexity index is 811. The highest BCUT2D eigenvalue weighted by molar-refractivity contribution is 6.42. The first kappa shape index (κ1) is 21.9. The van der Waals surface area contributed by atoms with Gasteiger partial charge in [0.15, 0.2) is 0 Å². The zero-order chi connectivity index (χ0) is 20.8. The first-order chi connectivity index (χ1) is 13.9. The molecule has 1 N–H and O–H groups in total. The topological polar surface area (TPSA) is 35.6 Å². The van der Waals surface area contributed by atoms with E-state index in [0.717, 1.165) is 31.5 Å². The van der Waals surface area contributed by atoms with Gasteiger partial charge in [-0.3, -0.25) is 0 Å². The van der Waals surface area contributed by atoms with Crippen molar-refractivity contribution in [3.05, 3.63) is 64.1 Å². The van der Waals surface area contributed by atoms with E-state index in [1.807, 2.05) is 35.2 Å². The number of anilines is 1. The molecule has 2 aromatic carbocycles. The van der Waals surface area contributed by atoms with Crippen molar-refractivity contribution in [2.45, 2.75) is 38.5 Å². The Balaban J connectivity index is 1.72. The predicted octanol–water partition coefficient (Wildman–Crippen LogP) is 5.85. The van der Waals surface area contributed by atoms with Crippen molar-refractivity contribution >= 4 is 34.9 Å². The van der Waals surface area contributed by atoms with Crippen molar-refractivity contribution in [2.24, 2.45) is 0 Å². The number of carbonyl (C=O) groups excluding carboxylic acids is 1. The maximum atomic E-state index is 13.3. The Kier molecular flexibility index (Phi) is 7.76. The van der Waals surface area contributed by atoms with Crippen LogP contribution in [0.2, 0.25) is 10.0 Å². The molecule has 3 rings (SSSR count). The Hall–Kier alpha value is -1.82. The molecule has 1 unspecified atom stereocenters. The highest BCUT2D eigenvalue weighted by Gasteiger charge is 2.28. The average Bonchev–Trinajstić information content (AvgIpc) is 2.70. The molecule has 1 heterocycles. The van der Waals surface area contributed by atoms with E-state index in [-0.39, 0.29) is 12.1 Å². The quantitative estimate of drug-likeness (QED) is 0.614. The zero-order valence-corrected chi connectivity index (χ0v) is 18.0. The van der Waals surface area contributed by atoms with Gasteiger partial charge in [0, 0.05) is 37.9 Å². The molecule has 1 aliphatic rings. The normalized spacial score (nSPS) is 16.4. The van der Waals surface area contributed by atoms with Gasteiger partial charge in [0.25, 0.3) is 0 Å². The molecule has 1 saturated heterocycles. The van der Waals surface area contributed by atoms with Crippen molar-refractivity contribution in [1.29, 1.82) is 0 Å². The molecule has 1 aliphatic heterocycles. The van der Waals surface area contributed by atoms with Crippen LogP contribution < -0.4 is 5.32 Å². The number of alkyl halides is 1. The molecule has 0 saturated carbocycles. The Labute approximate surface area is 181 Å². The molecule has 156 valence electrons. The molecule has 7 heteroatoms. The molecular weight excluding hydrogens is 412 g/mol. The van der Waals surface area contributed by atoms with Gasteiger partial charge in [0.2, 0.25) is 0 Å². The second-order valence-electron chi connectivity index (χ2n) is 7.49. The molecule has 2 aromatic rings. The molecule has 29 heavy (non-hydrogen) atoms. The number of rotatable bonds is 6. The lowest BCUT2D eigenvalue weighted by Crippen LogP contribution is -2.49. The van der Waals surface area contributed by atoms with Crippen LogP contribution in [0.5, 0.6) is 0 Å². The second kappa shape index (κ2) is 10.3. The monoisotopic (exact) mass is 437 g/mol. The highest BCUT2D eigenvalue weighted by Crippen LogP contribution is 2.26. The van der Waals surface area contributed by atoms with E-state index >= 15 is 0 Å². The van der Waals surface area contributed by atoms with Crippen LogP contribution in [0.3, 0.4) is 0 Å². The number of benzene rings is 2. The van der Waals surface area contributed by atoms with Gasteiger partial charge >= 0.3 is 6.03 Å². The van der Waals surface area contributed by atoms with Gasteiger partial charge in [0.1, 0.15) is 6.17 Å². The minimum atomic E-state index is -0.843. The van der Waals surface area contributed by atoms with Gasteiger partial charge < -0.3 is 15.1 Å². The van der Waals surface area contributed by atoms with E-state index in [2.05, 4.69) is 10.2 Å². The summed E-state index contributed by atoms with van der Waals surface area (Å²) >= 11 is 12.1. The van der Waals surface area contributed by atoms with Gasteiger partial charge in [-0.2, -0.15) is 0 Å².